The van der Waals surface area contributed by atoms with Crippen molar-refractivity contribution in [2.75, 3.05) is 0 Å². The molecule has 1 amide bonds. The minimum atomic E-state index is -0.345. The van der Waals surface area contributed by atoms with E-state index < -0.39 is 0 Å². The summed E-state index contributed by atoms with van der Waals surface area (Å²) in [5, 5.41) is 12.1. The van der Waals surface area contributed by atoms with Crippen molar-refractivity contribution < 1.29 is 9.53 Å². The minimum absolute atomic E-state index is 0.0358. The Morgan fingerprint density at radius 1 is 1.18 bits per heavy atom. The average molecular weight is 377 g/mol. The first-order valence-corrected chi connectivity index (χ1v) is 9.56. The molecule has 2 rings (SSSR count). The van der Waals surface area contributed by atoms with Crippen LogP contribution >= 0.6 is 0 Å². The number of nitrogens with one attached hydrogen (secondary N) is 1. The normalized spacial score (nSPS) is 12.2. The van der Waals surface area contributed by atoms with Crippen LogP contribution in [0, 0.1) is 32.1 Å². The fourth-order valence-corrected chi connectivity index (χ4v) is 2.97. The second-order valence-electron chi connectivity index (χ2n) is 7.19. The van der Waals surface area contributed by atoms with Crippen molar-refractivity contribution in [2.45, 2.75) is 53.7 Å². The Morgan fingerprint density at radius 2 is 1.79 bits per heavy atom. The smallest absolute Gasteiger partial charge is 0.262 e. The second kappa shape index (κ2) is 9.75. The van der Waals surface area contributed by atoms with E-state index in [2.05, 4.69) is 38.2 Å². The van der Waals surface area contributed by atoms with Gasteiger partial charge in [0.05, 0.1) is 0 Å². The molecule has 0 aliphatic rings. The van der Waals surface area contributed by atoms with Crippen molar-refractivity contribution in [1.29, 1.82) is 5.26 Å². The lowest BCUT2D eigenvalue weighted by Gasteiger charge is -2.13. The molecule has 1 atom stereocenters. The van der Waals surface area contributed by atoms with Gasteiger partial charge in [-0.3, -0.25) is 4.79 Å². The quantitative estimate of drug-likeness (QED) is 0.545. The van der Waals surface area contributed by atoms with Crippen LogP contribution in [0.25, 0.3) is 6.08 Å². The number of benzene rings is 2. The second-order valence-corrected chi connectivity index (χ2v) is 7.19. The monoisotopic (exact) mass is 376 g/mol. The Hall–Kier alpha value is -3.06. The largest absolute Gasteiger partial charge is 0.489 e. The summed E-state index contributed by atoms with van der Waals surface area (Å²) in [7, 11) is 0. The molecule has 0 heterocycles. The maximum atomic E-state index is 12.1. The lowest BCUT2D eigenvalue weighted by atomic mass is 10.0. The van der Waals surface area contributed by atoms with Crippen molar-refractivity contribution in [1.82, 2.24) is 5.32 Å². The lowest BCUT2D eigenvalue weighted by molar-refractivity contribution is -0.117. The molecule has 0 bridgehead atoms. The fraction of sp³-hybridized carbons (Fsp3) is 0.333. The van der Waals surface area contributed by atoms with Gasteiger partial charge < -0.3 is 10.1 Å². The number of rotatable bonds is 7. The average Bonchev–Trinajstić information content (AvgIpc) is 2.66. The number of carbonyl (C=O) groups excluding carboxylic acids is 1. The first kappa shape index (κ1) is 21.2. The molecule has 28 heavy (non-hydrogen) atoms. The van der Waals surface area contributed by atoms with Crippen molar-refractivity contribution in [2.24, 2.45) is 0 Å². The van der Waals surface area contributed by atoms with Gasteiger partial charge in [0.1, 0.15) is 24.0 Å². The molecule has 0 fully saturated rings. The van der Waals surface area contributed by atoms with E-state index in [1.807, 2.05) is 44.2 Å². The first-order valence-electron chi connectivity index (χ1n) is 9.56. The summed E-state index contributed by atoms with van der Waals surface area (Å²) >= 11 is 0. The Balaban J connectivity index is 2.07. The fourth-order valence-electron chi connectivity index (χ4n) is 2.97. The maximum Gasteiger partial charge on any atom is 0.262 e. The zero-order chi connectivity index (χ0) is 20.7. The summed E-state index contributed by atoms with van der Waals surface area (Å²) in [5.74, 6) is 0.404. The molecule has 0 unspecified atom stereocenters. The van der Waals surface area contributed by atoms with Gasteiger partial charge in [-0.1, -0.05) is 36.8 Å². The Labute approximate surface area is 167 Å². The van der Waals surface area contributed by atoms with E-state index in [4.69, 9.17) is 4.74 Å². The number of nitrogens with zero attached hydrogens (tertiary/aromatic N) is 1. The molecular formula is C24H28N2O2. The lowest BCUT2D eigenvalue weighted by Crippen LogP contribution is -2.32. The van der Waals surface area contributed by atoms with Gasteiger partial charge in [-0.05, 0) is 74.6 Å². The summed E-state index contributed by atoms with van der Waals surface area (Å²) in [4.78, 5) is 12.1. The van der Waals surface area contributed by atoms with E-state index in [0.29, 0.717) is 6.61 Å². The van der Waals surface area contributed by atoms with Crippen molar-refractivity contribution in [3.63, 3.8) is 0 Å². The van der Waals surface area contributed by atoms with Gasteiger partial charge in [0.15, 0.2) is 0 Å². The van der Waals surface area contributed by atoms with Crippen LogP contribution in [-0.4, -0.2) is 11.9 Å². The summed E-state index contributed by atoms with van der Waals surface area (Å²) in [6, 6.07) is 13.7. The number of amides is 1. The molecule has 146 valence electrons. The minimum Gasteiger partial charge on any atom is -0.489 e. The van der Waals surface area contributed by atoms with Gasteiger partial charge in [-0.2, -0.15) is 5.26 Å². The number of carbonyl (C=O) groups is 1. The van der Waals surface area contributed by atoms with E-state index in [0.717, 1.165) is 17.7 Å². The Morgan fingerprint density at radius 3 is 2.32 bits per heavy atom. The van der Waals surface area contributed by atoms with Crippen molar-refractivity contribution in [3.05, 3.63) is 69.8 Å². The summed E-state index contributed by atoms with van der Waals surface area (Å²) in [6.45, 7) is 10.7. The van der Waals surface area contributed by atoms with Crippen LogP contribution in [0.3, 0.4) is 0 Å². The molecule has 0 saturated heterocycles. The van der Waals surface area contributed by atoms with E-state index >= 15 is 0 Å². The standard InChI is InChI=1S/C24H28N2O2/c1-6-19(5)26-24(27)21(14-25)13-20-7-9-22(10-8-20)28-15-23-17(3)11-16(2)12-18(23)4/h7-13,19H,6,15H2,1-5H3,(H,26,27)/b21-13+/t19-/m0/s1. The van der Waals surface area contributed by atoms with Crippen LogP contribution in [0.2, 0.25) is 0 Å². The number of hydrogen-bond acceptors (Lipinski definition) is 3. The molecule has 0 aliphatic heterocycles. The van der Waals surface area contributed by atoms with Gasteiger partial charge in [-0.15, -0.1) is 0 Å². The van der Waals surface area contributed by atoms with Gasteiger partial charge in [0, 0.05) is 6.04 Å². The predicted molar refractivity (Wildman–Crippen MR) is 113 cm³/mol. The highest BCUT2D eigenvalue weighted by atomic mass is 16.5. The Bertz CT molecular complexity index is 882. The number of ether oxygens (including phenoxy) is 1. The molecule has 0 radical (unpaired) electrons. The zero-order valence-electron chi connectivity index (χ0n) is 17.3. The maximum absolute atomic E-state index is 12.1. The molecular weight excluding hydrogens is 348 g/mol. The zero-order valence-corrected chi connectivity index (χ0v) is 17.3. The van der Waals surface area contributed by atoms with E-state index in [-0.39, 0.29) is 17.5 Å². The van der Waals surface area contributed by atoms with Gasteiger partial charge in [-0.25, -0.2) is 0 Å². The van der Waals surface area contributed by atoms with Crippen molar-refractivity contribution >= 4 is 12.0 Å². The van der Waals surface area contributed by atoms with E-state index in [1.54, 1.807) is 6.08 Å². The van der Waals surface area contributed by atoms with Crippen LogP contribution in [0.5, 0.6) is 5.75 Å². The number of nitriles is 1. The van der Waals surface area contributed by atoms with Crippen molar-refractivity contribution in [3.8, 4) is 11.8 Å². The summed E-state index contributed by atoms with van der Waals surface area (Å²) < 4.78 is 5.93. The number of hydrogen-bond donors (Lipinski definition) is 1. The van der Waals surface area contributed by atoms with Crippen LogP contribution in [0.15, 0.2) is 42.0 Å². The molecule has 0 saturated carbocycles. The van der Waals surface area contributed by atoms with Gasteiger partial charge >= 0.3 is 0 Å². The molecule has 0 aliphatic carbocycles. The molecule has 1 N–H and O–H groups in total. The molecule has 4 heteroatoms. The van der Waals surface area contributed by atoms with Crippen LogP contribution < -0.4 is 10.1 Å². The highest BCUT2D eigenvalue weighted by Crippen LogP contribution is 2.20. The van der Waals surface area contributed by atoms with Crippen LogP contribution in [0.1, 0.15) is 48.1 Å². The van der Waals surface area contributed by atoms with E-state index in [1.165, 1.54) is 22.3 Å². The predicted octanol–water partition coefficient (Wildman–Crippen LogP) is 5.01. The van der Waals surface area contributed by atoms with Gasteiger partial charge in [0.2, 0.25) is 0 Å². The third kappa shape index (κ3) is 5.72. The third-order valence-electron chi connectivity index (χ3n) is 4.77. The highest BCUT2D eigenvalue weighted by molar-refractivity contribution is 6.01. The Kier molecular flexibility index (Phi) is 7.40. The SMILES string of the molecule is CC[C@H](C)NC(=O)/C(C#N)=C/c1ccc(OCc2c(C)cc(C)cc2C)cc1. The summed E-state index contributed by atoms with van der Waals surface area (Å²) in [5.41, 5.74) is 5.78. The van der Waals surface area contributed by atoms with E-state index in [9.17, 15) is 10.1 Å². The van der Waals surface area contributed by atoms with Crippen LogP contribution in [-0.2, 0) is 11.4 Å². The topological polar surface area (TPSA) is 62.1 Å². The molecule has 4 nitrogen and oxygen atoms in total. The van der Waals surface area contributed by atoms with Crippen LogP contribution in [0.4, 0.5) is 0 Å². The number of aryl methyl sites for hydroxylation is 3. The molecule has 2 aromatic rings. The molecule has 2 aromatic carbocycles. The molecule has 0 aromatic heterocycles. The molecule has 0 spiro atoms. The van der Waals surface area contributed by atoms with Gasteiger partial charge in [0.25, 0.3) is 5.91 Å². The summed E-state index contributed by atoms with van der Waals surface area (Å²) in [6.07, 6.45) is 2.41. The highest BCUT2D eigenvalue weighted by Gasteiger charge is 2.11. The first-order chi connectivity index (χ1) is 13.3. The third-order valence-corrected chi connectivity index (χ3v) is 4.77.